The zero-order valence-electron chi connectivity index (χ0n) is 10.4. The third-order valence-electron chi connectivity index (χ3n) is 3.31. The largest absolute Gasteiger partial charge is 0.382 e. The van der Waals surface area contributed by atoms with Crippen LogP contribution in [-0.2, 0) is 0 Å². The summed E-state index contributed by atoms with van der Waals surface area (Å²) in [5.41, 5.74) is 6.84. The van der Waals surface area contributed by atoms with Gasteiger partial charge in [0, 0.05) is 18.8 Å². The number of nitrogens with one attached hydrogen (secondary N) is 1. The number of anilines is 1. The molecule has 0 radical (unpaired) electrons. The van der Waals surface area contributed by atoms with Crippen LogP contribution in [0, 0.1) is 12.3 Å². The first-order valence-electron chi connectivity index (χ1n) is 6.01. The summed E-state index contributed by atoms with van der Waals surface area (Å²) >= 11 is 0. The molecule has 0 aromatic carbocycles. The molecule has 17 heavy (non-hydrogen) atoms. The van der Waals surface area contributed by atoms with Crippen molar-refractivity contribution in [3.8, 4) is 0 Å². The first kappa shape index (κ1) is 11.8. The molecule has 0 saturated heterocycles. The monoisotopic (exact) mass is 233 g/mol. The minimum atomic E-state index is -0.00317. The van der Waals surface area contributed by atoms with Crippen molar-refractivity contribution in [3.63, 3.8) is 0 Å². The number of hydrogen-bond acceptors (Lipinski definition) is 4. The molecular weight excluding hydrogens is 214 g/mol. The lowest BCUT2D eigenvalue weighted by molar-refractivity contribution is 0.637. The van der Waals surface area contributed by atoms with Crippen LogP contribution in [0.5, 0.6) is 0 Å². The Bertz CT molecular complexity index is 423. The third-order valence-corrected chi connectivity index (χ3v) is 3.31. The van der Waals surface area contributed by atoms with Crippen LogP contribution in [0.3, 0.4) is 0 Å². The molecule has 0 spiro atoms. The van der Waals surface area contributed by atoms with Crippen molar-refractivity contribution in [2.75, 3.05) is 11.9 Å². The average Bonchev–Trinajstić information content (AvgIpc) is 2.80. The van der Waals surface area contributed by atoms with Crippen molar-refractivity contribution in [2.45, 2.75) is 38.6 Å². The standard InChI is InChI=1S/C12H19N5/c1-8-7-10(11(13)14)16-12(15-8)17(2)9-5-3-4-6-9/h7,9H,3-6H2,1-2H3,(H3,13,14). The van der Waals surface area contributed by atoms with E-state index in [1.807, 2.05) is 14.0 Å². The number of rotatable bonds is 3. The predicted molar refractivity (Wildman–Crippen MR) is 68.4 cm³/mol. The zero-order chi connectivity index (χ0) is 12.4. The molecular formula is C12H19N5. The van der Waals surface area contributed by atoms with Gasteiger partial charge in [-0.05, 0) is 25.8 Å². The van der Waals surface area contributed by atoms with E-state index in [2.05, 4.69) is 14.9 Å². The summed E-state index contributed by atoms with van der Waals surface area (Å²) in [6.07, 6.45) is 4.95. The third kappa shape index (κ3) is 2.54. The number of nitrogens with two attached hydrogens (primary N) is 1. The maximum atomic E-state index is 7.45. The smallest absolute Gasteiger partial charge is 0.226 e. The molecule has 1 aromatic heterocycles. The Labute approximate surface area is 102 Å². The molecule has 1 saturated carbocycles. The van der Waals surface area contributed by atoms with E-state index in [0.717, 1.165) is 5.69 Å². The number of nitrogen functional groups attached to an aromatic ring is 1. The summed E-state index contributed by atoms with van der Waals surface area (Å²) in [6.45, 7) is 1.90. The van der Waals surface area contributed by atoms with E-state index >= 15 is 0 Å². The number of aryl methyl sites for hydroxylation is 1. The fourth-order valence-corrected chi connectivity index (χ4v) is 2.30. The van der Waals surface area contributed by atoms with Crippen LogP contribution in [0.15, 0.2) is 6.07 Å². The molecule has 92 valence electrons. The van der Waals surface area contributed by atoms with Gasteiger partial charge in [-0.1, -0.05) is 12.8 Å². The van der Waals surface area contributed by atoms with Crippen molar-refractivity contribution in [3.05, 3.63) is 17.5 Å². The van der Waals surface area contributed by atoms with Crippen LogP contribution in [-0.4, -0.2) is 28.9 Å². The summed E-state index contributed by atoms with van der Waals surface area (Å²) in [7, 11) is 2.02. The van der Waals surface area contributed by atoms with Gasteiger partial charge in [-0.25, -0.2) is 9.97 Å². The Kier molecular flexibility index (Phi) is 3.26. The Morgan fingerprint density at radius 2 is 2.06 bits per heavy atom. The molecule has 0 aliphatic heterocycles. The van der Waals surface area contributed by atoms with Gasteiger partial charge in [0.2, 0.25) is 5.95 Å². The number of nitrogens with zero attached hydrogens (tertiary/aromatic N) is 3. The Hall–Kier alpha value is -1.65. The molecule has 1 heterocycles. The van der Waals surface area contributed by atoms with E-state index in [9.17, 15) is 0 Å². The molecule has 5 heteroatoms. The van der Waals surface area contributed by atoms with E-state index in [0.29, 0.717) is 17.7 Å². The second kappa shape index (κ2) is 4.69. The van der Waals surface area contributed by atoms with Crippen LogP contribution in [0.2, 0.25) is 0 Å². The summed E-state index contributed by atoms with van der Waals surface area (Å²) < 4.78 is 0. The molecule has 0 atom stereocenters. The van der Waals surface area contributed by atoms with Gasteiger partial charge in [-0.2, -0.15) is 0 Å². The first-order chi connectivity index (χ1) is 8.08. The number of aromatic nitrogens is 2. The lowest BCUT2D eigenvalue weighted by Gasteiger charge is -2.24. The van der Waals surface area contributed by atoms with Gasteiger partial charge in [0.1, 0.15) is 11.5 Å². The summed E-state index contributed by atoms with van der Waals surface area (Å²) in [4.78, 5) is 10.9. The zero-order valence-corrected chi connectivity index (χ0v) is 10.4. The van der Waals surface area contributed by atoms with Gasteiger partial charge < -0.3 is 10.6 Å². The second-order valence-electron chi connectivity index (χ2n) is 4.66. The molecule has 0 amide bonds. The minimum absolute atomic E-state index is 0.00317. The molecule has 1 aromatic rings. The highest BCUT2D eigenvalue weighted by atomic mass is 15.3. The topological polar surface area (TPSA) is 78.9 Å². The Morgan fingerprint density at radius 1 is 1.41 bits per heavy atom. The predicted octanol–water partition coefficient (Wildman–Crippen LogP) is 1.45. The maximum Gasteiger partial charge on any atom is 0.226 e. The highest BCUT2D eigenvalue weighted by Crippen LogP contribution is 2.25. The quantitative estimate of drug-likeness (QED) is 0.611. The van der Waals surface area contributed by atoms with Gasteiger partial charge in [0.05, 0.1) is 0 Å². The van der Waals surface area contributed by atoms with Gasteiger partial charge in [0.25, 0.3) is 0 Å². The van der Waals surface area contributed by atoms with Crippen molar-refractivity contribution in [1.82, 2.24) is 9.97 Å². The van der Waals surface area contributed by atoms with E-state index in [1.165, 1.54) is 25.7 Å². The highest BCUT2D eigenvalue weighted by molar-refractivity contribution is 5.93. The Morgan fingerprint density at radius 3 is 2.65 bits per heavy atom. The van der Waals surface area contributed by atoms with Crippen molar-refractivity contribution < 1.29 is 0 Å². The van der Waals surface area contributed by atoms with Crippen molar-refractivity contribution >= 4 is 11.8 Å². The summed E-state index contributed by atoms with van der Waals surface area (Å²) in [5, 5.41) is 7.45. The number of hydrogen-bond donors (Lipinski definition) is 2. The van der Waals surface area contributed by atoms with Crippen LogP contribution in [0.1, 0.15) is 37.1 Å². The van der Waals surface area contributed by atoms with E-state index < -0.39 is 0 Å². The SMILES string of the molecule is Cc1cc(C(=N)N)nc(N(C)C2CCCC2)n1. The summed E-state index contributed by atoms with van der Waals surface area (Å²) in [5.74, 6) is 0.679. The molecule has 3 N–H and O–H groups in total. The van der Waals surface area contributed by atoms with Gasteiger partial charge in [-0.15, -0.1) is 0 Å². The molecule has 1 fully saturated rings. The van der Waals surface area contributed by atoms with E-state index in [1.54, 1.807) is 6.07 Å². The van der Waals surface area contributed by atoms with Crippen LogP contribution < -0.4 is 10.6 Å². The maximum absolute atomic E-state index is 7.45. The first-order valence-corrected chi connectivity index (χ1v) is 6.01. The van der Waals surface area contributed by atoms with Gasteiger partial charge in [-0.3, -0.25) is 5.41 Å². The van der Waals surface area contributed by atoms with Crippen LogP contribution >= 0.6 is 0 Å². The molecule has 0 bridgehead atoms. The fourth-order valence-electron chi connectivity index (χ4n) is 2.30. The van der Waals surface area contributed by atoms with Crippen molar-refractivity contribution in [1.29, 1.82) is 5.41 Å². The van der Waals surface area contributed by atoms with Crippen molar-refractivity contribution in [2.24, 2.45) is 5.73 Å². The normalized spacial score (nSPS) is 16.1. The van der Waals surface area contributed by atoms with Crippen LogP contribution in [0.4, 0.5) is 5.95 Å². The minimum Gasteiger partial charge on any atom is -0.382 e. The van der Waals surface area contributed by atoms with Gasteiger partial charge in [0.15, 0.2) is 0 Å². The van der Waals surface area contributed by atoms with Gasteiger partial charge >= 0.3 is 0 Å². The molecule has 1 aliphatic carbocycles. The number of amidine groups is 1. The fraction of sp³-hybridized carbons (Fsp3) is 0.583. The molecule has 1 aliphatic rings. The lowest BCUT2D eigenvalue weighted by atomic mass is 10.2. The average molecular weight is 233 g/mol. The summed E-state index contributed by atoms with van der Waals surface area (Å²) in [6, 6.07) is 2.27. The molecule has 2 rings (SSSR count). The second-order valence-corrected chi connectivity index (χ2v) is 4.66. The van der Waals surface area contributed by atoms with E-state index in [-0.39, 0.29) is 5.84 Å². The molecule has 0 unspecified atom stereocenters. The Balaban J connectivity index is 2.27. The molecule has 5 nitrogen and oxygen atoms in total. The lowest BCUT2D eigenvalue weighted by Crippen LogP contribution is -2.31. The highest BCUT2D eigenvalue weighted by Gasteiger charge is 2.22. The van der Waals surface area contributed by atoms with Crippen LogP contribution in [0.25, 0.3) is 0 Å². The van der Waals surface area contributed by atoms with E-state index in [4.69, 9.17) is 11.1 Å².